The van der Waals surface area contributed by atoms with Gasteiger partial charge in [-0.2, -0.15) is 0 Å². The predicted molar refractivity (Wildman–Crippen MR) is 55.4 cm³/mol. The molecule has 2 rings (SSSR count). The van der Waals surface area contributed by atoms with Crippen LogP contribution in [-0.2, 0) is 0 Å². The summed E-state index contributed by atoms with van der Waals surface area (Å²) in [5, 5.41) is 2.00. The van der Waals surface area contributed by atoms with Crippen molar-refractivity contribution in [2.24, 2.45) is 0 Å². The maximum absolute atomic E-state index is 11.0. The molecule has 0 atom stereocenters. The summed E-state index contributed by atoms with van der Waals surface area (Å²) in [6, 6.07) is 0. The minimum Gasteiger partial charge on any atom is -0.316 e. The fourth-order valence-electron chi connectivity index (χ4n) is 2.08. The van der Waals surface area contributed by atoms with Crippen LogP contribution in [0.1, 0.15) is 50.1 Å². The van der Waals surface area contributed by atoms with Crippen molar-refractivity contribution >= 4 is 11.3 Å². The first-order valence-corrected chi connectivity index (χ1v) is 5.92. The molecular weight excluding hydrogens is 182 g/mol. The van der Waals surface area contributed by atoms with E-state index < -0.39 is 0 Å². The highest BCUT2D eigenvalue weighted by atomic mass is 32.1. The van der Waals surface area contributed by atoms with Gasteiger partial charge in [0.2, 0.25) is 0 Å². The van der Waals surface area contributed by atoms with Crippen molar-refractivity contribution in [1.82, 2.24) is 4.98 Å². The largest absolute Gasteiger partial charge is 0.316 e. The summed E-state index contributed by atoms with van der Waals surface area (Å²) < 4.78 is 0. The Kier molecular flexibility index (Phi) is 2.83. The average molecular weight is 197 g/mol. The van der Waals surface area contributed by atoms with Crippen LogP contribution in [0.2, 0.25) is 0 Å². The van der Waals surface area contributed by atoms with Crippen molar-refractivity contribution < 1.29 is 0 Å². The molecule has 3 heteroatoms. The van der Waals surface area contributed by atoms with Crippen molar-refractivity contribution in [2.45, 2.75) is 44.4 Å². The normalized spacial score (nSPS) is 20.0. The molecular formula is C10H15NOS. The van der Waals surface area contributed by atoms with Gasteiger partial charge in [0.05, 0.1) is 0 Å². The first kappa shape index (κ1) is 9.00. The van der Waals surface area contributed by atoms with Crippen LogP contribution in [0.25, 0.3) is 0 Å². The van der Waals surface area contributed by atoms with Crippen LogP contribution in [0.3, 0.4) is 0 Å². The molecule has 2 nitrogen and oxygen atoms in total. The van der Waals surface area contributed by atoms with Crippen molar-refractivity contribution in [3.63, 3.8) is 0 Å². The Labute approximate surface area is 82.0 Å². The lowest BCUT2D eigenvalue weighted by atomic mass is 9.98. The fraction of sp³-hybridized carbons (Fsp3) is 0.700. The minimum atomic E-state index is 0.0965. The van der Waals surface area contributed by atoms with Gasteiger partial charge in [-0.25, -0.2) is 0 Å². The Balaban J connectivity index is 2.10. The van der Waals surface area contributed by atoms with E-state index in [4.69, 9.17) is 0 Å². The Bertz CT molecular complexity index is 307. The summed E-state index contributed by atoms with van der Waals surface area (Å²) in [7, 11) is 0. The van der Waals surface area contributed by atoms with Gasteiger partial charge >= 0.3 is 4.87 Å². The Morgan fingerprint density at radius 3 is 2.46 bits per heavy atom. The quantitative estimate of drug-likeness (QED) is 0.690. The lowest BCUT2D eigenvalue weighted by Gasteiger charge is -2.10. The van der Waals surface area contributed by atoms with Gasteiger partial charge in [0, 0.05) is 11.1 Å². The van der Waals surface area contributed by atoms with Gasteiger partial charge in [-0.15, -0.1) is 0 Å². The second-order valence-electron chi connectivity index (χ2n) is 3.79. The molecule has 0 amide bonds. The second kappa shape index (κ2) is 4.09. The summed E-state index contributed by atoms with van der Waals surface area (Å²) in [4.78, 5) is 14.0. The van der Waals surface area contributed by atoms with Crippen LogP contribution in [0.15, 0.2) is 10.2 Å². The molecule has 1 aromatic heterocycles. The summed E-state index contributed by atoms with van der Waals surface area (Å²) in [6.45, 7) is 0. The van der Waals surface area contributed by atoms with Crippen LogP contribution in [-0.4, -0.2) is 4.98 Å². The summed E-state index contributed by atoms with van der Waals surface area (Å²) in [5.74, 6) is 0.626. The highest BCUT2D eigenvalue weighted by molar-refractivity contribution is 7.07. The first-order valence-electron chi connectivity index (χ1n) is 5.04. The van der Waals surface area contributed by atoms with Crippen LogP contribution < -0.4 is 4.87 Å². The van der Waals surface area contributed by atoms with Crippen molar-refractivity contribution in [3.8, 4) is 0 Å². The predicted octanol–water partition coefficient (Wildman–Crippen LogP) is 2.87. The van der Waals surface area contributed by atoms with Crippen LogP contribution in [0.5, 0.6) is 0 Å². The molecule has 1 aliphatic rings. The third kappa shape index (κ3) is 2.21. The van der Waals surface area contributed by atoms with E-state index in [2.05, 4.69) is 4.98 Å². The Morgan fingerprint density at radius 1 is 1.23 bits per heavy atom. The molecule has 13 heavy (non-hydrogen) atoms. The van der Waals surface area contributed by atoms with Gasteiger partial charge < -0.3 is 4.98 Å². The Hall–Kier alpha value is -0.570. The lowest BCUT2D eigenvalue weighted by molar-refractivity contribution is 0.580. The van der Waals surface area contributed by atoms with E-state index in [9.17, 15) is 4.79 Å². The van der Waals surface area contributed by atoms with Crippen molar-refractivity contribution in [3.05, 3.63) is 20.7 Å². The van der Waals surface area contributed by atoms with E-state index in [1.807, 2.05) is 5.38 Å². The van der Waals surface area contributed by atoms with Crippen LogP contribution in [0.4, 0.5) is 0 Å². The monoisotopic (exact) mass is 197 g/mol. The van der Waals surface area contributed by atoms with E-state index in [-0.39, 0.29) is 4.87 Å². The maximum atomic E-state index is 11.0. The molecule has 1 saturated carbocycles. The molecule has 1 N–H and O–H groups in total. The SMILES string of the molecule is O=c1[nH]c(C2CCCCCC2)cs1. The van der Waals surface area contributed by atoms with Crippen molar-refractivity contribution in [2.75, 3.05) is 0 Å². The number of H-pyrrole nitrogens is 1. The maximum Gasteiger partial charge on any atom is 0.304 e. The summed E-state index contributed by atoms with van der Waals surface area (Å²) >= 11 is 1.29. The fourth-order valence-corrected chi connectivity index (χ4v) is 2.74. The third-order valence-corrected chi connectivity index (χ3v) is 3.52. The standard InChI is InChI=1S/C10H15NOS/c12-10-11-9(7-13-10)8-5-3-1-2-4-6-8/h7-8H,1-6H2,(H,11,12). The molecule has 0 radical (unpaired) electrons. The lowest BCUT2D eigenvalue weighted by Crippen LogP contribution is -2.01. The number of aromatic nitrogens is 1. The number of hydrogen-bond donors (Lipinski definition) is 1. The Morgan fingerprint density at radius 2 is 1.92 bits per heavy atom. The highest BCUT2D eigenvalue weighted by Gasteiger charge is 2.15. The molecule has 1 aromatic rings. The molecule has 72 valence electrons. The van der Waals surface area contributed by atoms with Gasteiger partial charge in [0.1, 0.15) is 0 Å². The van der Waals surface area contributed by atoms with Gasteiger partial charge in [-0.1, -0.05) is 37.0 Å². The number of thiazole rings is 1. The molecule has 0 aliphatic heterocycles. The molecule has 0 bridgehead atoms. The zero-order valence-electron chi connectivity index (χ0n) is 7.71. The molecule has 1 aliphatic carbocycles. The highest BCUT2D eigenvalue weighted by Crippen LogP contribution is 2.30. The molecule has 0 spiro atoms. The average Bonchev–Trinajstić information content (AvgIpc) is 2.43. The second-order valence-corrected chi connectivity index (χ2v) is 4.63. The van der Waals surface area contributed by atoms with Gasteiger partial charge in [-0.3, -0.25) is 4.79 Å². The number of nitrogens with one attached hydrogen (secondary N) is 1. The van der Waals surface area contributed by atoms with E-state index in [0.29, 0.717) is 5.92 Å². The zero-order valence-corrected chi connectivity index (χ0v) is 8.53. The molecule has 1 heterocycles. The first-order chi connectivity index (χ1) is 6.36. The summed E-state index contributed by atoms with van der Waals surface area (Å²) in [5.41, 5.74) is 1.18. The smallest absolute Gasteiger partial charge is 0.304 e. The molecule has 0 aromatic carbocycles. The minimum absolute atomic E-state index is 0.0965. The number of rotatable bonds is 1. The van der Waals surface area contributed by atoms with Crippen LogP contribution >= 0.6 is 11.3 Å². The van der Waals surface area contributed by atoms with E-state index >= 15 is 0 Å². The number of aromatic amines is 1. The molecule has 0 saturated heterocycles. The van der Waals surface area contributed by atoms with E-state index in [1.54, 1.807) is 0 Å². The van der Waals surface area contributed by atoms with Crippen molar-refractivity contribution in [1.29, 1.82) is 0 Å². The summed E-state index contributed by atoms with van der Waals surface area (Å²) in [6.07, 6.45) is 7.89. The molecule has 1 fully saturated rings. The third-order valence-electron chi connectivity index (χ3n) is 2.83. The van der Waals surface area contributed by atoms with E-state index in [0.717, 1.165) is 0 Å². The zero-order chi connectivity index (χ0) is 9.10. The topological polar surface area (TPSA) is 32.9 Å². The number of hydrogen-bond acceptors (Lipinski definition) is 2. The molecule has 0 unspecified atom stereocenters. The van der Waals surface area contributed by atoms with Crippen LogP contribution in [0, 0.1) is 0 Å². The van der Waals surface area contributed by atoms with Gasteiger partial charge in [0.25, 0.3) is 0 Å². The van der Waals surface area contributed by atoms with Gasteiger partial charge in [-0.05, 0) is 18.8 Å². The van der Waals surface area contributed by atoms with E-state index in [1.165, 1.54) is 55.6 Å². The van der Waals surface area contributed by atoms with Gasteiger partial charge in [0.15, 0.2) is 0 Å².